The molecule has 1 saturated heterocycles. The van der Waals surface area contributed by atoms with Crippen molar-refractivity contribution in [1.29, 1.82) is 0 Å². The van der Waals surface area contributed by atoms with Gasteiger partial charge in [-0.2, -0.15) is 0 Å². The molecule has 1 aliphatic heterocycles. The third-order valence-electron chi connectivity index (χ3n) is 6.24. The first-order valence-electron chi connectivity index (χ1n) is 11.3. The van der Waals surface area contributed by atoms with Crippen LogP contribution in [0.5, 0.6) is 0 Å². The summed E-state index contributed by atoms with van der Waals surface area (Å²) in [7, 11) is 0. The molecule has 1 aliphatic rings. The van der Waals surface area contributed by atoms with Crippen LogP contribution in [0.1, 0.15) is 27.1 Å². The van der Waals surface area contributed by atoms with E-state index in [9.17, 15) is 14.0 Å². The topological polar surface area (TPSA) is 62.3 Å². The summed E-state index contributed by atoms with van der Waals surface area (Å²) in [6.07, 6.45) is 0.704. The van der Waals surface area contributed by atoms with Crippen LogP contribution in [0.2, 0.25) is 0 Å². The summed E-state index contributed by atoms with van der Waals surface area (Å²) >= 11 is 0. The van der Waals surface area contributed by atoms with Crippen LogP contribution < -0.4 is 5.32 Å². The Morgan fingerprint density at radius 3 is 2.50 bits per heavy atom. The molecule has 3 aromatic carbocycles. The molecule has 170 valence electrons. The van der Waals surface area contributed by atoms with E-state index < -0.39 is 12.2 Å². The quantitative estimate of drug-likeness (QED) is 0.468. The fourth-order valence-corrected chi connectivity index (χ4v) is 4.59. The largest absolute Gasteiger partial charge is 0.350 e. The van der Waals surface area contributed by atoms with Crippen molar-refractivity contribution >= 4 is 22.7 Å². The molecule has 2 unspecified atom stereocenters. The smallest absolute Gasteiger partial charge is 0.254 e. The van der Waals surface area contributed by atoms with E-state index in [0.717, 1.165) is 16.5 Å². The van der Waals surface area contributed by atoms with Crippen LogP contribution in [-0.2, 0) is 0 Å². The van der Waals surface area contributed by atoms with Gasteiger partial charge >= 0.3 is 0 Å². The molecule has 0 saturated carbocycles. The molecule has 0 aliphatic carbocycles. The van der Waals surface area contributed by atoms with Crippen molar-refractivity contribution in [2.75, 3.05) is 13.1 Å². The summed E-state index contributed by atoms with van der Waals surface area (Å²) in [5, 5.41) is 3.77. The number of amides is 2. The molecule has 0 radical (unpaired) electrons. The van der Waals surface area contributed by atoms with Gasteiger partial charge in [-0.25, -0.2) is 4.39 Å². The van der Waals surface area contributed by atoms with Gasteiger partial charge in [-0.1, -0.05) is 66.7 Å². The van der Waals surface area contributed by atoms with Gasteiger partial charge in [0.05, 0.1) is 23.7 Å². The van der Waals surface area contributed by atoms with Crippen LogP contribution in [0, 0.1) is 0 Å². The molecule has 1 N–H and O–H groups in total. The molecule has 0 bridgehead atoms. The van der Waals surface area contributed by atoms with E-state index in [1.54, 1.807) is 23.2 Å². The number of likely N-dealkylation sites (tertiary alicyclic amines) is 1. The fourth-order valence-electron chi connectivity index (χ4n) is 4.59. The number of fused-ring (bicyclic) bond motifs is 1. The molecule has 5 nitrogen and oxygen atoms in total. The van der Waals surface area contributed by atoms with Crippen molar-refractivity contribution in [2.24, 2.45) is 0 Å². The molecule has 5 rings (SSSR count). The van der Waals surface area contributed by atoms with Gasteiger partial charge in [-0.05, 0) is 29.3 Å². The highest BCUT2D eigenvalue weighted by molar-refractivity contribution is 6.05. The molecule has 34 heavy (non-hydrogen) atoms. The van der Waals surface area contributed by atoms with Gasteiger partial charge in [0.25, 0.3) is 11.8 Å². The van der Waals surface area contributed by atoms with E-state index in [0.29, 0.717) is 16.6 Å². The summed E-state index contributed by atoms with van der Waals surface area (Å²) in [4.78, 5) is 32.3. The standard InChI is InChI=1S/C28H24FN3O2/c29-21-16-22(17-31-27(33)25-14-6-10-20-11-7-15-30-26(20)25)32(18-21)28(34)24-13-5-4-12-23(24)19-8-2-1-3-9-19/h1-15,21-22H,16-18H2,(H,31,33). The van der Waals surface area contributed by atoms with E-state index >= 15 is 0 Å². The van der Waals surface area contributed by atoms with Gasteiger partial charge in [0.1, 0.15) is 6.17 Å². The third kappa shape index (κ3) is 4.27. The third-order valence-corrected chi connectivity index (χ3v) is 6.24. The summed E-state index contributed by atoms with van der Waals surface area (Å²) in [6.45, 7) is 0.181. The molecule has 1 fully saturated rings. The Labute approximate surface area is 197 Å². The maximum Gasteiger partial charge on any atom is 0.254 e. The minimum atomic E-state index is -1.13. The van der Waals surface area contributed by atoms with Gasteiger partial charge < -0.3 is 10.2 Å². The zero-order valence-corrected chi connectivity index (χ0v) is 18.5. The number of aromatic nitrogens is 1. The van der Waals surface area contributed by atoms with Gasteiger partial charge in [-0.15, -0.1) is 0 Å². The first-order chi connectivity index (χ1) is 16.6. The first kappa shape index (κ1) is 21.8. The lowest BCUT2D eigenvalue weighted by molar-refractivity contribution is 0.0719. The number of halogens is 1. The number of carbonyl (C=O) groups excluding carboxylic acids is 2. The molecule has 2 heterocycles. The molecule has 0 spiro atoms. The number of hydrogen-bond acceptors (Lipinski definition) is 3. The van der Waals surface area contributed by atoms with Crippen molar-refractivity contribution in [2.45, 2.75) is 18.6 Å². The van der Waals surface area contributed by atoms with Crippen LogP contribution in [0.4, 0.5) is 4.39 Å². The number of nitrogens with zero attached hydrogens (tertiary/aromatic N) is 2. The Morgan fingerprint density at radius 1 is 0.912 bits per heavy atom. The molecule has 6 heteroatoms. The maximum atomic E-state index is 14.5. The molecule has 2 atom stereocenters. The van der Waals surface area contributed by atoms with Crippen molar-refractivity contribution in [3.8, 4) is 11.1 Å². The van der Waals surface area contributed by atoms with E-state index in [1.807, 2.05) is 72.8 Å². The highest BCUT2D eigenvalue weighted by Gasteiger charge is 2.36. The Hall–Kier alpha value is -4.06. The van der Waals surface area contributed by atoms with E-state index in [1.165, 1.54) is 0 Å². The summed E-state index contributed by atoms with van der Waals surface area (Å²) in [5.41, 5.74) is 3.33. The van der Waals surface area contributed by atoms with Gasteiger partial charge in [0.15, 0.2) is 0 Å². The number of benzene rings is 3. The SMILES string of the molecule is O=C(NCC1CC(F)CN1C(=O)c1ccccc1-c1ccccc1)c1cccc2cccnc12. The lowest BCUT2D eigenvalue weighted by atomic mass is 9.98. The number of carbonyl (C=O) groups is 2. The van der Waals surface area contributed by atoms with Crippen molar-refractivity contribution in [3.05, 3.63) is 102 Å². The summed E-state index contributed by atoms with van der Waals surface area (Å²) in [5.74, 6) is -0.519. The van der Waals surface area contributed by atoms with Crippen molar-refractivity contribution in [3.63, 3.8) is 0 Å². The zero-order valence-electron chi connectivity index (χ0n) is 18.5. The average Bonchev–Trinajstić information content (AvgIpc) is 3.27. The second-order valence-electron chi connectivity index (χ2n) is 8.45. The average molecular weight is 454 g/mol. The highest BCUT2D eigenvalue weighted by Crippen LogP contribution is 2.28. The van der Waals surface area contributed by atoms with E-state index in [4.69, 9.17) is 0 Å². The van der Waals surface area contributed by atoms with Crippen LogP contribution >= 0.6 is 0 Å². The van der Waals surface area contributed by atoms with Gasteiger partial charge in [0, 0.05) is 30.1 Å². The van der Waals surface area contributed by atoms with Gasteiger partial charge in [0.2, 0.25) is 0 Å². The Balaban J connectivity index is 1.36. The predicted octanol–water partition coefficient (Wildman–Crippen LogP) is 4.88. The molecule has 2 amide bonds. The number of hydrogen-bond donors (Lipinski definition) is 1. The number of pyridine rings is 1. The number of nitrogens with one attached hydrogen (secondary N) is 1. The van der Waals surface area contributed by atoms with E-state index in [2.05, 4.69) is 10.3 Å². The highest BCUT2D eigenvalue weighted by atomic mass is 19.1. The lowest BCUT2D eigenvalue weighted by Gasteiger charge is -2.26. The molecular weight excluding hydrogens is 429 g/mol. The summed E-state index contributed by atoms with van der Waals surface area (Å²) < 4.78 is 14.5. The number of rotatable bonds is 5. The minimum absolute atomic E-state index is 0.0122. The minimum Gasteiger partial charge on any atom is -0.350 e. The molecule has 1 aromatic heterocycles. The van der Waals surface area contributed by atoms with Crippen molar-refractivity contribution < 1.29 is 14.0 Å². The normalized spacial score (nSPS) is 17.6. The zero-order chi connectivity index (χ0) is 23.5. The number of para-hydroxylation sites is 1. The van der Waals surface area contributed by atoms with Crippen LogP contribution in [0.25, 0.3) is 22.0 Å². The van der Waals surface area contributed by atoms with Crippen LogP contribution in [-0.4, -0.2) is 47.0 Å². The monoisotopic (exact) mass is 453 g/mol. The maximum absolute atomic E-state index is 14.5. The second kappa shape index (κ2) is 9.43. The Kier molecular flexibility index (Phi) is 6.04. The van der Waals surface area contributed by atoms with Crippen LogP contribution in [0.15, 0.2) is 91.1 Å². The fraction of sp³-hybridized carbons (Fsp3) is 0.179. The van der Waals surface area contributed by atoms with E-state index in [-0.39, 0.29) is 31.3 Å². The predicted molar refractivity (Wildman–Crippen MR) is 130 cm³/mol. The Morgan fingerprint density at radius 2 is 1.65 bits per heavy atom. The summed E-state index contributed by atoms with van der Waals surface area (Å²) in [6, 6.07) is 25.7. The van der Waals surface area contributed by atoms with Crippen molar-refractivity contribution in [1.82, 2.24) is 15.2 Å². The van der Waals surface area contributed by atoms with Gasteiger partial charge in [-0.3, -0.25) is 14.6 Å². The molecule has 4 aromatic rings. The lowest BCUT2D eigenvalue weighted by Crippen LogP contribution is -2.43. The molecular formula is C28H24FN3O2. The second-order valence-corrected chi connectivity index (χ2v) is 8.45. The Bertz CT molecular complexity index is 1340. The number of alkyl halides is 1. The first-order valence-corrected chi connectivity index (χ1v) is 11.3. The van der Waals surface area contributed by atoms with Crippen LogP contribution in [0.3, 0.4) is 0 Å².